The molecule has 4 aromatic rings. The molecule has 0 bridgehead atoms. The summed E-state index contributed by atoms with van der Waals surface area (Å²) in [5.74, 6) is -0.409. The van der Waals surface area contributed by atoms with E-state index < -0.39 is 0 Å². The molecule has 1 amide bonds. The molecule has 1 aromatic heterocycles. The Hall–Kier alpha value is -3.86. The Labute approximate surface area is 156 Å². The van der Waals surface area contributed by atoms with E-state index in [1.807, 2.05) is 42.5 Å². The molecule has 0 spiro atoms. The van der Waals surface area contributed by atoms with Crippen molar-refractivity contribution in [1.82, 2.24) is 9.78 Å². The van der Waals surface area contributed by atoms with Crippen LogP contribution in [0.3, 0.4) is 0 Å². The SMILES string of the molecule is C=C(O)c1ccccc1NC(=O)c1cnn(-c2ccc3ccccc3c2)c1. The molecule has 5 heteroatoms. The molecule has 1 heterocycles. The van der Waals surface area contributed by atoms with Crippen LogP contribution < -0.4 is 5.32 Å². The van der Waals surface area contributed by atoms with Gasteiger partial charge in [-0.15, -0.1) is 0 Å². The van der Waals surface area contributed by atoms with Gasteiger partial charge in [-0.1, -0.05) is 49.0 Å². The number of anilines is 1. The molecule has 0 unspecified atom stereocenters. The van der Waals surface area contributed by atoms with Crippen LogP contribution in [0, 0.1) is 0 Å². The van der Waals surface area contributed by atoms with Gasteiger partial charge in [0.15, 0.2) is 0 Å². The number of aliphatic hydroxyl groups excluding tert-OH is 1. The average Bonchev–Trinajstić information content (AvgIpc) is 3.18. The van der Waals surface area contributed by atoms with Crippen LogP contribution >= 0.6 is 0 Å². The van der Waals surface area contributed by atoms with Gasteiger partial charge < -0.3 is 10.4 Å². The van der Waals surface area contributed by atoms with E-state index in [2.05, 4.69) is 17.0 Å². The average molecular weight is 355 g/mol. The lowest BCUT2D eigenvalue weighted by Crippen LogP contribution is -2.12. The summed E-state index contributed by atoms with van der Waals surface area (Å²) in [7, 11) is 0. The minimum absolute atomic E-state index is 0.0993. The normalized spacial score (nSPS) is 10.7. The van der Waals surface area contributed by atoms with Crippen molar-refractivity contribution < 1.29 is 9.90 Å². The second kappa shape index (κ2) is 6.80. The first-order valence-electron chi connectivity index (χ1n) is 8.44. The molecule has 0 aliphatic rings. The van der Waals surface area contributed by atoms with Crippen molar-refractivity contribution in [1.29, 1.82) is 0 Å². The Kier molecular flexibility index (Phi) is 4.18. The summed E-state index contributed by atoms with van der Waals surface area (Å²) in [5.41, 5.74) is 2.26. The number of aliphatic hydroxyl groups is 1. The maximum absolute atomic E-state index is 12.6. The van der Waals surface area contributed by atoms with Gasteiger partial charge >= 0.3 is 0 Å². The molecule has 0 radical (unpaired) electrons. The van der Waals surface area contributed by atoms with Crippen LogP contribution in [0.2, 0.25) is 0 Å². The molecule has 4 rings (SSSR count). The minimum atomic E-state index is -0.310. The van der Waals surface area contributed by atoms with Gasteiger partial charge in [-0.2, -0.15) is 5.10 Å². The zero-order chi connectivity index (χ0) is 18.8. The van der Waals surface area contributed by atoms with Crippen molar-refractivity contribution in [3.63, 3.8) is 0 Å². The summed E-state index contributed by atoms with van der Waals surface area (Å²) in [6.45, 7) is 3.52. The summed E-state index contributed by atoms with van der Waals surface area (Å²) in [5, 5.41) is 19.0. The molecule has 3 aromatic carbocycles. The fourth-order valence-electron chi connectivity index (χ4n) is 2.94. The quantitative estimate of drug-likeness (QED) is 0.516. The van der Waals surface area contributed by atoms with Crippen LogP contribution in [0.5, 0.6) is 0 Å². The van der Waals surface area contributed by atoms with Crippen LogP contribution in [0.15, 0.2) is 85.7 Å². The Morgan fingerprint density at radius 2 is 1.74 bits per heavy atom. The van der Waals surface area contributed by atoms with Gasteiger partial charge in [0.2, 0.25) is 0 Å². The number of para-hydroxylation sites is 1. The van der Waals surface area contributed by atoms with E-state index in [4.69, 9.17) is 0 Å². The Bertz CT molecular complexity index is 1160. The van der Waals surface area contributed by atoms with Crippen LogP contribution in [0.25, 0.3) is 22.2 Å². The lowest BCUT2D eigenvalue weighted by atomic mass is 10.1. The lowest BCUT2D eigenvalue weighted by Gasteiger charge is -2.09. The van der Waals surface area contributed by atoms with E-state index in [9.17, 15) is 9.90 Å². The number of fused-ring (bicyclic) bond motifs is 1. The van der Waals surface area contributed by atoms with Crippen molar-refractivity contribution in [2.24, 2.45) is 0 Å². The molecule has 132 valence electrons. The van der Waals surface area contributed by atoms with E-state index in [0.717, 1.165) is 16.5 Å². The van der Waals surface area contributed by atoms with Crippen LogP contribution in [-0.2, 0) is 0 Å². The van der Waals surface area contributed by atoms with Crippen molar-refractivity contribution in [3.05, 3.63) is 96.8 Å². The smallest absolute Gasteiger partial charge is 0.258 e. The van der Waals surface area contributed by atoms with E-state index in [1.54, 1.807) is 35.1 Å². The first-order chi connectivity index (χ1) is 13.1. The number of amides is 1. The highest BCUT2D eigenvalue weighted by atomic mass is 16.3. The van der Waals surface area contributed by atoms with Crippen molar-refractivity contribution in [2.75, 3.05) is 5.32 Å². The number of aromatic nitrogens is 2. The topological polar surface area (TPSA) is 67.2 Å². The Morgan fingerprint density at radius 1 is 1.00 bits per heavy atom. The van der Waals surface area contributed by atoms with E-state index in [1.165, 1.54) is 6.20 Å². The molecule has 2 N–H and O–H groups in total. The maximum Gasteiger partial charge on any atom is 0.258 e. The highest BCUT2D eigenvalue weighted by molar-refractivity contribution is 6.05. The second-order valence-corrected chi connectivity index (χ2v) is 6.15. The predicted octanol–water partition coefficient (Wildman–Crippen LogP) is 4.81. The number of carbonyl (C=O) groups excluding carboxylic acids is 1. The number of rotatable bonds is 4. The molecular formula is C22H17N3O2. The lowest BCUT2D eigenvalue weighted by molar-refractivity contribution is 0.102. The molecule has 0 aliphatic carbocycles. The number of nitrogens with one attached hydrogen (secondary N) is 1. The van der Waals surface area contributed by atoms with Crippen molar-refractivity contribution >= 4 is 28.1 Å². The molecule has 0 saturated heterocycles. The van der Waals surface area contributed by atoms with Gasteiger partial charge in [0, 0.05) is 11.8 Å². The third kappa shape index (κ3) is 3.30. The molecule has 0 aliphatic heterocycles. The van der Waals surface area contributed by atoms with Crippen molar-refractivity contribution in [3.8, 4) is 5.69 Å². The maximum atomic E-state index is 12.6. The zero-order valence-electron chi connectivity index (χ0n) is 14.5. The van der Waals surface area contributed by atoms with Gasteiger partial charge in [-0.3, -0.25) is 4.79 Å². The largest absolute Gasteiger partial charge is 0.508 e. The molecule has 0 fully saturated rings. The monoisotopic (exact) mass is 355 g/mol. The van der Waals surface area contributed by atoms with Gasteiger partial charge in [0.25, 0.3) is 5.91 Å². The van der Waals surface area contributed by atoms with Crippen LogP contribution in [0.1, 0.15) is 15.9 Å². The third-order valence-corrected chi connectivity index (χ3v) is 4.33. The molecule has 27 heavy (non-hydrogen) atoms. The number of carbonyl (C=O) groups is 1. The van der Waals surface area contributed by atoms with Gasteiger partial charge in [0.05, 0.1) is 23.1 Å². The van der Waals surface area contributed by atoms with Gasteiger partial charge in [-0.05, 0) is 35.0 Å². The van der Waals surface area contributed by atoms with Crippen molar-refractivity contribution in [2.45, 2.75) is 0 Å². The van der Waals surface area contributed by atoms with Crippen LogP contribution in [-0.4, -0.2) is 20.8 Å². The molecular weight excluding hydrogens is 338 g/mol. The fraction of sp³-hybridized carbons (Fsp3) is 0. The molecule has 0 saturated carbocycles. The number of hydrogen-bond acceptors (Lipinski definition) is 3. The summed E-state index contributed by atoms with van der Waals surface area (Å²) in [6, 6.07) is 21.0. The second-order valence-electron chi connectivity index (χ2n) is 6.15. The summed E-state index contributed by atoms with van der Waals surface area (Å²) in [4.78, 5) is 12.6. The Morgan fingerprint density at radius 3 is 2.56 bits per heavy atom. The summed E-state index contributed by atoms with van der Waals surface area (Å²) >= 11 is 0. The highest BCUT2D eigenvalue weighted by Gasteiger charge is 2.13. The summed E-state index contributed by atoms with van der Waals surface area (Å²) < 4.78 is 1.66. The Balaban J connectivity index is 1.60. The van der Waals surface area contributed by atoms with E-state index in [0.29, 0.717) is 16.8 Å². The number of benzene rings is 3. The zero-order valence-corrected chi connectivity index (χ0v) is 14.5. The van der Waals surface area contributed by atoms with E-state index in [-0.39, 0.29) is 11.7 Å². The first kappa shape index (κ1) is 16.6. The summed E-state index contributed by atoms with van der Waals surface area (Å²) in [6.07, 6.45) is 3.19. The molecule has 5 nitrogen and oxygen atoms in total. The molecule has 0 atom stereocenters. The number of nitrogens with zero attached hydrogens (tertiary/aromatic N) is 2. The number of hydrogen-bond donors (Lipinski definition) is 2. The van der Waals surface area contributed by atoms with E-state index >= 15 is 0 Å². The van der Waals surface area contributed by atoms with Gasteiger partial charge in [0.1, 0.15) is 5.76 Å². The highest BCUT2D eigenvalue weighted by Crippen LogP contribution is 2.22. The minimum Gasteiger partial charge on any atom is -0.508 e. The van der Waals surface area contributed by atoms with Crippen LogP contribution in [0.4, 0.5) is 5.69 Å². The predicted molar refractivity (Wildman–Crippen MR) is 107 cm³/mol. The fourth-order valence-corrected chi connectivity index (χ4v) is 2.94. The van der Waals surface area contributed by atoms with Gasteiger partial charge in [-0.25, -0.2) is 4.68 Å². The standard InChI is InChI=1S/C22H17N3O2/c1-15(26)20-8-4-5-9-21(20)24-22(27)18-13-23-25(14-18)19-11-10-16-6-2-3-7-17(16)12-19/h2-14,26H,1H2,(H,24,27). The third-order valence-electron chi connectivity index (χ3n) is 4.33. The first-order valence-corrected chi connectivity index (χ1v) is 8.44.